The molecule has 0 bridgehead atoms. The van der Waals surface area contributed by atoms with Gasteiger partial charge in [0, 0.05) is 19.1 Å². The van der Waals surface area contributed by atoms with Crippen molar-refractivity contribution in [3.05, 3.63) is 0 Å². The van der Waals surface area contributed by atoms with Crippen LogP contribution in [-0.4, -0.2) is 37.1 Å². The topological polar surface area (TPSA) is 15.3 Å². The molecule has 1 fully saturated rings. The molecule has 0 aliphatic heterocycles. The molecule has 1 aliphatic rings. The van der Waals surface area contributed by atoms with E-state index < -0.39 is 0 Å². The fraction of sp³-hybridized carbons (Fsp3) is 1.00. The second-order valence-corrected chi connectivity index (χ2v) is 6.04. The molecule has 2 heteroatoms. The summed E-state index contributed by atoms with van der Waals surface area (Å²) in [5.41, 5.74) is 0.362. The Labute approximate surface area is 102 Å². The molecule has 1 rings (SSSR count). The Balaban J connectivity index is 2.40. The minimum atomic E-state index is 0.362. The number of nitrogens with one attached hydrogen (secondary N) is 1. The van der Waals surface area contributed by atoms with E-state index in [0.717, 1.165) is 12.5 Å². The van der Waals surface area contributed by atoms with Crippen molar-refractivity contribution in [3.63, 3.8) is 0 Å². The normalized spacial score (nSPS) is 19.1. The summed E-state index contributed by atoms with van der Waals surface area (Å²) in [5, 5.41) is 3.56. The van der Waals surface area contributed by atoms with Gasteiger partial charge in [0.15, 0.2) is 0 Å². The quantitative estimate of drug-likeness (QED) is 0.684. The molecule has 0 aromatic rings. The number of nitrogens with zero attached hydrogens (tertiary/aromatic N) is 1. The molecule has 0 saturated heterocycles. The molecular formula is C14H30N2. The van der Waals surface area contributed by atoms with E-state index in [1.165, 1.54) is 32.5 Å². The van der Waals surface area contributed by atoms with Crippen LogP contribution in [0.5, 0.6) is 0 Å². The number of hydrogen-bond acceptors (Lipinski definition) is 2. The SMILES string of the molecule is CCNC(C)C(C)(C)CN(CC)CC1CC1. The third-order valence-corrected chi connectivity index (χ3v) is 3.97. The average Bonchev–Trinajstić information content (AvgIpc) is 3.00. The summed E-state index contributed by atoms with van der Waals surface area (Å²) < 4.78 is 0. The lowest BCUT2D eigenvalue weighted by Gasteiger charge is -2.37. The maximum atomic E-state index is 3.56. The standard InChI is InChI=1S/C14H30N2/c1-6-15-12(3)14(4,5)11-16(7-2)10-13-8-9-13/h12-13,15H,6-11H2,1-5H3. The summed E-state index contributed by atoms with van der Waals surface area (Å²) in [5.74, 6) is 1.00. The minimum Gasteiger partial charge on any atom is -0.314 e. The first-order valence-electron chi connectivity index (χ1n) is 6.95. The van der Waals surface area contributed by atoms with Crippen molar-refractivity contribution in [1.29, 1.82) is 0 Å². The van der Waals surface area contributed by atoms with Crippen LogP contribution in [0.25, 0.3) is 0 Å². The van der Waals surface area contributed by atoms with Crippen molar-refractivity contribution in [2.75, 3.05) is 26.2 Å². The van der Waals surface area contributed by atoms with Crippen LogP contribution in [0.15, 0.2) is 0 Å². The van der Waals surface area contributed by atoms with Gasteiger partial charge in [-0.3, -0.25) is 0 Å². The van der Waals surface area contributed by atoms with Gasteiger partial charge in [-0.2, -0.15) is 0 Å². The monoisotopic (exact) mass is 226 g/mol. The van der Waals surface area contributed by atoms with E-state index in [9.17, 15) is 0 Å². The van der Waals surface area contributed by atoms with Crippen LogP contribution in [0.1, 0.15) is 47.5 Å². The smallest absolute Gasteiger partial charge is 0.0102 e. The van der Waals surface area contributed by atoms with E-state index in [2.05, 4.69) is 44.8 Å². The summed E-state index contributed by atoms with van der Waals surface area (Å²) in [6.45, 7) is 16.4. The van der Waals surface area contributed by atoms with Gasteiger partial charge in [0.1, 0.15) is 0 Å². The fourth-order valence-corrected chi connectivity index (χ4v) is 2.27. The Morgan fingerprint density at radius 1 is 1.31 bits per heavy atom. The van der Waals surface area contributed by atoms with Gasteiger partial charge in [-0.25, -0.2) is 0 Å². The zero-order valence-corrected chi connectivity index (χ0v) is 11.8. The molecule has 1 unspecified atom stereocenters. The first-order chi connectivity index (χ1) is 7.49. The summed E-state index contributed by atoms with van der Waals surface area (Å²) in [6.07, 6.45) is 2.92. The molecule has 2 nitrogen and oxygen atoms in total. The molecule has 0 amide bonds. The highest BCUT2D eigenvalue weighted by atomic mass is 15.1. The third-order valence-electron chi connectivity index (χ3n) is 3.97. The molecule has 0 heterocycles. The van der Waals surface area contributed by atoms with Crippen molar-refractivity contribution >= 4 is 0 Å². The molecule has 1 saturated carbocycles. The first-order valence-corrected chi connectivity index (χ1v) is 6.95. The Morgan fingerprint density at radius 3 is 2.38 bits per heavy atom. The average molecular weight is 226 g/mol. The molecular weight excluding hydrogens is 196 g/mol. The van der Waals surface area contributed by atoms with Gasteiger partial charge in [-0.05, 0) is 44.2 Å². The lowest BCUT2D eigenvalue weighted by atomic mass is 9.84. The Morgan fingerprint density at radius 2 is 1.94 bits per heavy atom. The van der Waals surface area contributed by atoms with E-state index in [-0.39, 0.29) is 0 Å². The van der Waals surface area contributed by atoms with E-state index in [4.69, 9.17) is 0 Å². The van der Waals surface area contributed by atoms with Crippen molar-refractivity contribution < 1.29 is 0 Å². The van der Waals surface area contributed by atoms with Crippen LogP contribution in [-0.2, 0) is 0 Å². The van der Waals surface area contributed by atoms with Crippen molar-refractivity contribution in [2.45, 2.75) is 53.5 Å². The largest absolute Gasteiger partial charge is 0.314 e. The van der Waals surface area contributed by atoms with Gasteiger partial charge >= 0.3 is 0 Å². The van der Waals surface area contributed by atoms with Crippen LogP contribution < -0.4 is 5.32 Å². The van der Waals surface area contributed by atoms with Gasteiger partial charge in [-0.15, -0.1) is 0 Å². The highest BCUT2D eigenvalue weighted by molar-refractivity contribution is 4.85. The van der Waals surface area contributed by atoms with Crippen molar-refractivity contribution in [3.8, 4) is 0 Å². The van der Waals surface area contributed by atoms with Gasteiger partial charge in [0.05, 0.1) is 0 Å². The van der Waals surface area contributed by atoms with Gasteiger partial charge in [-0.1, -0.05) is 27.7 Å². The lowest BCUT2D eigenvalue weighted by molar-refractivity contribution is 0.144. The second kappa shape index (κ2) is 6.02. The predicted octanol–water partition coefficient (Wildman–Crippen LogP) is 2.74. The molecule has 1 aliphatic carbocycles. The van der Waals surface area contributed by atoms with Crippen LogP contribution in [0, 0.1) is 11.3 Å². The molecule has 0 aromatic carbocycles. The van der Waals surface area contributed by atoms with Crippen LogP contribution in [0.4, 0.5) is 0 Å². The van der Waals surface area contributed by atoms with Gasteiger partial charge in [0.25, 0.3) is 0 Å². The summed E-state index contributed by atoms with van der Waals surface area (Å²) in [6, 6.07) is 0.589. The summed E-state index contributed by atoms with van der Waals surface area (Å²) in [7, 11) is 0. The zero-order valence-electron chi connectivity index (χ0n) is 11.8. The molecule has 16 heavy (non-hydrogen) atoms. The molecule has 1 atom stereocenters. The first kappa shape index (κ1) is 14.0. The molecule has 0 aromatic heterocycles. The number of rotatable bonds is 8. The Kier molecular flexibility index (Phi) is 5.26. The maximum Gasteiger partial charge on any atom is 0.0102 e. The van der Waals surface area contributed by atoms with Crippen LogP contribution >= 0.6 is 0 Å². The van der Waals surface area contributed by atoms with E-state index in [1.54, 1.807) is 0 Å². The van der Waals surface area contributed by atoms with E-state index in [0.29, 0.717) is 11.5 Å². The van der Waals surface area contributed by atoms with E-state index >= 15 is 0 Å². The fourth-order valence-electron chi connectivity index (χ4n) is 2.27. The highest BCUT2D eigenvalue weighted by Crippen LogP contribution is 2.31. The molecule has 96 valence electrons. The van der Waals surface area contributed by atoms with Crippen molar-refractivity contribution in [2.24, 2.45) is 11.3 Å². The van der Waals surface area contributed by atoms with Crippen molar-refractivity contribution in [1.82, 2.24) is 10.2 Å². The molecule has 0 radical (unpaired) electrons. The van der Waals surface area contributed by atoms with Gasteiger partial charge < -0.3 is 10.2 Å². The predicted molar refractivity (Wildman–Crippen MR) is 71.8 cm³/mol. The third kappa shape index (κ3) is 4.42. The minimum absolute atomic E-state index is 0.362. The zero-order chi connectivity index (χ0) is 12.2. The summed E-state index contributed by atoms with van der Waals surface area (Å²) in [4.78, 5) is 2.63. The lowest BCUT2D eigenvalue weighted by Crippen LogP contribution is -2.47. The van der Waals surface area contributed by atoms with Gasteiger partial charge in [0.2, 0.25) is 0 Å². The van der Waals surface area contributed by atoms with Crippen LogP contribution in [0.2, 0.25) is 0 Å². The van der Waals surface area contributed by atoms with E-state index in [1.807, 2.05) is 0 Å². The Bertz CT molecular complexity index is 197. The summed E-state index contributed by atoms with van der Waals surface area (Å²) >= 11 is 0. The molecule has 0 spiro atoms. The highest BCUT2D eigenvalue weighted by Gasteiger charge is 2.30. The Hall–Kier alpha value is -0.0800. The molecule has 1 N–H and O–H groups in total. The second-order valence-electron chi connectivity index (χ2n) is 6.04. The van der Waals surface area contributed by atoms with Crippen LogP contribution in [0.3, 0.4) is 0 Å². The number of hydrogen-bond donors (Lipinski definition) is 1. The maximum absolute atomic E-state index is 3.56.